The van der Waals surface area contributed by atoms with Gasteiger partial charge in [-0.05, 0) is 18.9 Å². The molecule has 0 unspecified atom stereocenters. The number of ether oxygens (including phenoxy) is 1. The summed E-state index contributed by atoms with van der Waals surface area (Å²) in [5.74, 6) is -0.138. The van der Waals surface area contributed by atoms with Gasteiger partial charge in [-0.25, -0.2) is 0 Å². The van der Waals surface area contributed by atoms with Crippen molar-refractivity contribution in [3.63, 3.8) is 0 Å². The van der Waals surface area contributed by atoms with E-state index in [4.69, 9.17) is 4.74 Å². The van der Waals surface area contributed by atoms with Crippen LogP contribution in [0.2, 0.25) is 0 Å². The Balaban J connectivity index is 2.18. The number of esters is 1. The third-order valence-electron chi connectivity index (χ3n) is 2.15. The van der Waals surface area contributed by atoms with Crippen molar-refractivity contribution in [3.8, 4) is 0 Å². The lowest BCUT2D eigenvalue weighted by Gasteiger charge is -2.04. The van der Waals surface area contributed by atoms with Crippen molar-refractivity contribution in [2.24, 2.45) is 0 Å². The molecule has 0 bridgehead atoms. The lowest BCUT2D eigenvalue weighted by molar-refractivity contribution is -0.145. The van der Waals surface area contributed by atoms with E-state index in [-0.39, 0.29) is 11.8 Å². The molecule has 0 saturated heterocycles. The molecule has 0 amide bonds. The fourth-order valence-corrected chi connectivity index (χ4v) is 1.29. The lowest BCUT2D eigenvalue weighted by atomic mass is 10.2. The summed E-state index contributed by atoms with van der Waals surface area (Å²) < 4.78 is 5.06. The minimum Gasteiger partial charge on any atom is -0.461 e. The van der Waals surface area contributed by atoms with Gasteiger partial charge in [-0.2, -0.15) is 0 Å². The van der Waals surface area contributed by atoms with E-state index >= 15 is 0 Å². The molecule has 0 aliphatic rings. The molecule has 1 rings (SSSR count). The molecule has 0 aromatic heterocycles. The first kappa shape index (κ1) is 12.4. The number of benzene rings is 1. The first-order valence-electron chi connectivity index (χ1n) is 5.37. The molecule has 0 atom stereocenters. The third kappa shape index (κ3) is 5.29. The Bertz CT molecular complexity index is 343. The number of carbonyl (C=O) groups excluding carboxylic acids is 2. The van der Waals surface area contributed by atoms with Crippen molar-refractivity contribution in [1.82, 2.24) is 0 Å². The monoisotopic (exact) mass is 220 g/mol. The van der Waals surface area contributed by atoms with Crippen LogP contribution in [0.15, 0.2) is 30.3 Å². The summed E-state index contributed by atoms with van der Waals surface area (Å²) in [4.78, 5) is 21.9. The highest BCUT2D eigenvalue weighted by molar-refractivity contribution is 5.76. The van der Waals surface area contributed by atoms with Crippen LogP contribution >= 0.6 is 0 Å². The van der Waals surface area contributed by atoms with Gasteiger partial charge in [0.25, 0.3) is 0 Å². The van der Waals surface area contributed by atoms with Crippen LogP contribution in [0.4, 0.5) is 0 Å². The molecule has 0 aliphatic heterocycles. The Morgan fingerprint density at radius 2 is 1.81 bits per heavy atom. The predicted molar refractivity (Wildman–Crippen MR) is 60.8 cm³/mol. The summed E-state index contributed by atoms with van der Waals surface area (Å²) >= 11 is 0. The van der Waals surface area contributed by atoms with Gasteiger partial charge >= 0.3 is 5.97 Å². The number of carbonyl (C=O) groups is 2. The molecule has 0 spiro atoms. The lowest BCUT2D eigenvalue weighted by Crippen LogP contribution is -2.05. The second kappa shape index (κ2) is 6.77. The van der Waals surface area contributed by atoms with Crippen LogP contribution < -0.4 is 0 Å². The first-order chi connectivity index (χ1) is 7.68. The van der Waals surface area contributed by atoms with Crippen molar-refractivity contribution in [1.29, 1.82) is 0 Å². The van der Waals surface area contributed by atoms with Crippen molar-refractivity contribution >= 4 is 11.8 Å². The number of Topliss-reactive ketones (excluding diaryl/α,β-unsaturated/α-hetero) is 1. The predicted octanol–water partition coefficient (Wildman–Crippen LogP) is 2.49. The van der Waals surface area contributed by atoms with Gasteiger partial charge in [-0.15, -0.1) is 0 Å². The summed E-state index contributed by atoms with van der Waals surface area (Å²) in [6.07, 6.45) is 1.33. The van der Waals surface area contributed by atoms with Crippen molar-refractivity contribution in [2.45, 2.75) is 32.8 Å². The number of hydrogen-bond donors (Lipinski definition) is 0. The molecule has 0 saturated carbocycles. The standard InChI is InChI=1S/C13H16O3/c1-11(14)6-5-9-13(15)16-10-12-7-3-2-4-8-12/h2-4,7-8H,5-6,9-10H2,1H3. The minimum atomic E-state index is -0.245. The number of rotatable bonds is 6. The second-order valence-electron chi connectivity index (χ2n) is 3.70. The minimum absolute atomic E-state index is 0.107. The van der Waals surface area contributed by atoms with Gasteiger partial charge in [0, 0.05) is 12.8 Å². The quantitative estimate of drug-likeness (QED) is 0.692. The molecule has 0 heterocycles. The molecule has 3 nitrogen and oxygen atoms in total. The van der Waals surface area contributed by atoms with Gasteiger partial charge in [0.05, 0.1) is 0 Å². The summed E-state index contributed by atoms with van der Waals surface area (Å²) in [7, 11) is 0. The zero-order chi connectivity index (χ0) is 11.8. The highest BCUT2D eigenvalue weighted by atomic mass is 16.5. The van der Waals surface area contributed by atoms with Crippen LogP contribution in [-0.2, 0) is 20.9 Å². The topological polar surface area (TPSA) is 43.4 Å². The maximum Gasteiger partial charge on any atom is 0.306 e. The van der Waals surface area contributed by atoms with E-state index in [9.17, 15) is 9.59 Å². The molecule has 1 aromatic carbocycles. The van der Waals surface area contributed by atoms with E-state index < -0.39 is 0 Å². The summed E-state index contributed by atoms with van der Waals surface area (Å²) in [6, 6.07) is 9.53. The molecule has 86 valence electrons. The van der Waals surface area contributed by atoms with Crippen LogP contribution in [0.25, 0.3) is 0 Å². The van der Waals surface area contributed by atoms with Crippen LogP contribution in [0.1, 0.15) is 31.7 Å². The Hall–Kier alpha value is -1.64. The van der Waals surface area contributed by atoms with Gasteiger partial charge in [0.2, 0.25) is 0 Å². The summed E-state index contributed by atoms with van der Waals surface area (Å²) in [5, 5.41) is 0. The molecule has 1 aromatic rings. The maximum absolute atomic E-state index is 11.3. The highest BCUT2D eigenvalue weighted by Crippen LogP contribution is 2.03. The van der Waals surface area contributed by atoms with Crippen LogP contribution in [-0.4, -0.2) is 11.8 Å². The van der Waals surface area contributed by atoms with Gasteiger partial charge in [0.1, 0.15) is 12.4 Å². The largest absolute Gasteiger partial charge is 0.461 e. The molecular formula is C13H16O3. The van der Waals surface area contributed by atoms with E-state index in [0.717, 1.165) is 5.56 Å². The summed E-state index contributed by atoms with van der Waals surface area (Å²) in [5.41, 5.74) is 0.974. The van der Waals surface area contributed by atoms with E-state index in [0.29, 0.717) is 25.9 Å². The summed E-state index contributed by atoms with van der Waals surface area (Å²) in [6.45, 7) is 1.83. The average molecular weight is 220 g/mol. The molecule has 0 aliphatic carbocycles. The second-order valence-corrected chi connectivity index (χ2v) is 3.70. The molecule has 0 N–H and O–H groups in total. The van der Waals surface area contributed by atoms with E-state index in [1.54, 1.807) is 0 Å². The fraction of sp³-hybridized carbons (Fsp3) is 0.385. The zero-order valence-corrected chi connectivity index (χ0v) is 9.44. The van der Waals surface area contributed by atoms with Gasteiger partial charge in [-0.1, -0.05) is 30.3 Å². The van der Waals surface area contributed by atoms with E-state index in [1.807, 2.05) is 30.3 Å². The Morgan fingerprint density at radius 1 is 1.12 bits per heavy atom. The van der Waals surface area contributed by atoms with Gasteiger partial charge in [-0.3, -0.25) is 4.79 Å². The molecular weight excluding hydrogens is 204 g/mol. The fourth-order valence-electron chi connectivity index (χ4n) is 1.29. The van der Waals surface area contributed by atoms with Crippen molar-refractivity contribution in [2.75, 3.05) is 0 Å². The van der Waals surface area contributed by atoms with Gasteiger partial charge in [0.15, 0.2) is 0 Å². The van der Waals surface area contributed by atoms with E-state index in [1.165, 1.54) is 6.92 Å². The van der Waals surface area contributed by atoms with Crippen molar-refractivity contribution in [3.05, 3.63) is 35.9 Å². The van der Waals surface area contributed by atoms with E-state index in [2.05, 4.69) is 0 Å². The normalized spacial score (nSPS) is 9.81. The average Bonchev–Trinajstić information content (AvgIpc) is 2.27. The smallest absolute Gasteiger partial charge is 0.306 e. The number of ketones is 1. The first-order valence-corrected chi connectivity index (χ1v) is 5.37. The maximum atomic E-state index is 11.3. The highest BCUT2D eigenvalue weighted by Gasteiger charge is 2.04. The SMILES string of the molecule is CC(=O)CCCC(=O)OCc1ccccc1. The molecule has 0 radical (unpaired) electrons. The Labute approximate surface area is 95.4 Å². The molecule has 3 heteroatoms. The Morgan fingerprint density at radius 3 is 2.44 bits per heavy atom. The zero-order valence-electron chi connectivity index (χ0n) is 9.44. The van der Waals surface area contributed by atoms with Gasteiger partial charge < -0.3 is 9.53 Å². The van der Waals surface area contributed by atoms with Crippen molar-refractivity contribution < 1.29 is 14.3 Å². The Kier molecular flexibility index (Phi) is 5.26. The van der Waals surface area contributed by atoms with Crippen LogP contribution in [0, 0.1) is 0 Å². The van der Waals surface area contributed by atoms with Crippen LogP contribution in [0.5, 0.6) is 0 Å². The van der Waals surface area contributed by atoms with Crippen LogP contribution in [0.3, 0.4) is 0 Å². The third-order valence-corrected chi connectivity index (χ3v) is 2.15. The number of hydrogen-bond acceptors (Lipinski definition) is 3. The molecule has 0 fully saturated rings. The molecule has 16 heavy (non-hydrogen) atoms.